The Hall–Kier alpha value is -0.360. The van der Waals surface area contributed by atoms with Crippen molar-refractivity contribution in [1.82, 2.24) is 0 Å². The fourth-order valence-electron chi connectivity index (χ4n) is 2.05. The van der Waals surface area contributed by atoms with Crippen LogP contribution in [0.2, 0.25) is 0 Å². The zero-order valence-corrected chi connectivity index (χ0v) is 11.4. The highest BCUT2D eigenvalue weighted by atomic mass is 35.5. The average Bonchev–Trinajstić information content (AvgIpc) is 2.67. The van der Waals surface area contributed by atoms with Gasteiger partial charge in [-0.1, -0.05) is 20.3 Å². The maximum absolute atomic E-state index is 11.2. The third-order valence-electron chi connectivity index (χ3n) is 3.27. The van der Waals surface area contributed by atoms with Gasteiger partial charge in [-0.05, 0) is 12.8 Å². The van der Waals surface area contributed by atoms with Crippen LogP contribution in [0.3, 0.4) is 0 Å². The lowest BCUT2D eigenvalue weighted by atomic mass is 9.96. The van der Waals surface area contributed by atoms with Crippen LogP contribution in [0.4, 0.5) is 0 Å². The van der Waals surface area contributed by atoms with Crippen LogP contribution in [-0.4, -0.2) is 51.1 Å². The fourth-order valence-corrected chi connectivity index (χ4v) is 2.38. The number of ether oxygens (including phenoxy) is 1. The van der Waals surface area contributed by atoms with E-state index in [1.807, 2.05) is 6.92 Å². The Kier molecular flexibility index (Phi) is 5.85. The van der Waals surface area contributed by atoms with Gasteiger partial charge in [0.25, 0.3) is 0 Å². The maximum Gasteiger partial charge on any atom is 0.309 e. The molecular weight excluding hydrogens is 260 g/mol. The SMILES string of the molecule is CCCC(O)C(O)C(Cl)C(O)C1CC(C)C(=O)O1. The van der Waals surface area contributed by atoms with E-state index < -0.39 is 29.8 Å². The first-order valence-electron chi connectivity index (χ1n) is 6.27. The summed E-state index contributed by atoms with van der Waals surface area (Å²) >= 11 is 5.94. The molecule has 6 unspecified atom stereocenters. The molecule has 18 heavy (non-hydrogen) atoms. The molecule has 5 nitrogen and oxygen atoms in total. The molecule has 0 amide bonds. The lowest BCUT2D eigenvalue weighted by Gasteiger charge is -2.28. The second-order valence-corrected chi connectivity index (χ2v) is 5.40. The van der Waals surface area contributed by atoms with Crippen LogP contribution in [0.1, 0.15) is 33.1 Å². The highest BCUT2D eigenvalue weighted by molar-refractivity contribution is 6.21. The Morgan fingerprint density at radius 2 is 2.06 bits per heavy atom. The number of carbonyl (C=O) groups excluding carboxylic acids is 1. The molecule has 6 atom stereocenters. The molecule has 6 heteroatoms. The molecule has 0 aromatic rings. The number of halogens is 1. The number of aliphatic hydroxyl groups excluding tert-OH is 3. The first-order chi connectivity index (χ1) is 8.38. The number of hydrogen-bond acceptors (Lipinski definition) is 5. The monoisotopic (exact) mass is 280 g/mol. The number of esters is 1. The molecular formula is C12H21ClO5. The lowest BCUT2D eigenvalue weighted by molar-refractivity contribution is -0.148. The molecule has 1 saturated heterocycles. The van der Waals surface area contributed by atoms with Gasteiger partial charge in [0.05, 0.1) is 23.5 Å². The summed E-state index contributed by atoms with van der Waals surface area (Å²) in [4.78, 5) is 11.2. The minimum absolute atomic E-state index is 0.272. The Morgan fingerprint density at radius 3 is 2.50 bits per heavy atom. The predicted octanol–water partition coefficient (Wildman–Crippen LogP) is 0.428. The van der Waals surface area contributed by atoms with Gasteiger partial charge in [-0.2, -0.15) is 0 Å². The Labute approximate surface area is 112 Å². The van der Waals surface area contributed by atoms with Crippen molar-refractivity contribution in [1.29, 1.82) is 0 Å². The highest BCUT2D eigenvalue weighted by Crippen LogP contribution is 2.27. The van der Waals surface area contributed by atoms with Crippen LogP contribution >= 0.6 is 11.6 Å². The number of hydrogen-bond donors (Lipinski definition) is 3. The third-order valence-corrected chi connectivity index (χ3v) is 3.78. The van der Waals surface area contributed by atoms with Crippen molar-refractivity contribution < 1.29 is 24.9 Å². The van der Waals surface area contributed by atoms with E-state index in [0.717, 1.165) is 0 Å². The summed E-state index contributed by atoms with van der Waals surface area (Å²) in [5, 5.41) is 28.3. The molecule has 0 spiro atoms. The molecule has 0 aromatic carbocycles. The van der Waals surface area contributed by atoms with Gasteiger partial charge in [-0.3, -0.25) is 4.79 Å². The zero-order chi connectivity index (χ0) is 13.9. The molecule has 0 saturated carbocycles. The summed E-state index contributed by atoms with van der Waals surface area (Å²) in [5.74, 6) is -0.641. The van der Waals surface area contributed by atoms with Crippen LogP contribution < -0.4 is 0 Å². The molecule has 3 N–H and O–H groups in total. The zero-order valence-electron chi connectivity index (χ0n) is 10.6. The van der Waals surface area contributed by atoms with E-state index >= 15 is 0 Å². The Morgan fingerprint density at radius 1 is 1.44 bits per heavy atom. The van der Waals surface area contributed by atoms with E-state index in [1.165, 1.54) is 0 Å². The van der Waals surface area contributed by atoms with Gasteiger partial charge >= 0.3 is 5.97 Å². The van der Waals surface area contributed by atoms with Crippen molar-refractivity contribution in [2.45, 2.75) is 62.9 Å². The van der Waals surface area contributed by atoms with Crippen molar-refractivity contribution >= 4 is 17.6 Å². The van der Waals surface area contributed by atoms with E-state index in [1.54, 1.807) is 6.92 Å². The molecule has 1 rings (SSSR count). The molecule has 0 radical (unpaired) electrons. The van der Waals surface area contributed by atoms with E-state index in [4.69, 9.17) is 16.3 Å². The van der Waals surface area contributed by atoms with Gasteiger partial charge in [-0.25, -0.2) is 0 Å². The number of alkyl halides is 1. The first kappa shape index (κ1) is 15.7. The van der Waals surface area contributed by atoms with Gasteiger partial charge < -0.3 is 20.1 Å². The average molecular weight is 281 g/mol. The van der Waals surface area contributed by atoms with E-state index in [-0.39, 0.29) is 11.9 Å². The summed E-state index contributed by atoms with van der Waals surface area (Å²) in [6.45, 7) is 3.58. The predicted molar refractivity (Wildman–Crippen MR) is 66.2 cm³/mol. The first-order valence-corrected chi connectivity index (χ1v) is 6.70. The minimum atomic E-state index is -1.24. The smallest absolute Gasteiger partial charge is 0.309 e. The number of carbonyl (C=O) groups is 1. The molecule has 1 heterocycles. The van der Waals surface area contributed by atoms with Gasteiger partial charge in [0.15, 0.2) is 0 Å². The largest absolute Gasteiger partial charge is 0.459 e. The molecule has 0 aliphatic carbocycles. The van der Waals surface area contributed by atoms with Crippen LogP contribution in [0.25, 0.3) is 0 Å². The number of aliphatic hydroxyl groups is 3. The summed E-state index contributed by atoms with van der Waals surface area (Å²) in [6.07, 6.45) is -2.64. The maximum atomic E-state index is 11.2. The topological polar surface area (TPSA) is 87.0 Å². The standard InChI is InChI=1S/C12H21ClO5/c1-3-4-7(14)10(15)9(13)11(16)8-5-6(2)12(17)18-8/h6-11,14-16H,3-5H2,1-2H3. The summed E-state index contributed by atoms with van der Waals surface area (Å²) < 4.78 is 4.98. The summed E-state index contributed by atoms with van der Waals surface area (Å²) in [5.41, 5.74) is 0. The molecule has 1 aliphatic rings. The quantitative estimate of drug-likeness (QED) is 0.485. The minimum Gasteiger partial charge on any atom is -0.459 e. The molecule has 1 fully saturated rings. The fraction of sp³-hybridized carbons (Fsp3) is 0.917. The van der Waals surface area contributed by atoms with E-state index in [0.29, 0.717) is 19.3 Å². The van der Waals surface area contributed by atoms with Crippen LogP contribution in [0.15, 0.2) is 0 Å². The third kappa shape index (κ3) is 3.57. The molecule has 1 aliphatic heterocycles. The van der Waals surface area contributed by atoms with Gasteiger partial charge in [0, 0.05) is 0 Å². The van der Waals surface area contributed by atoms with Crippen molar-refractivity contribution in [3.63, 3.8) is 0 Å². The molecule has 106 valence electrons. The lowest BCUT2D eigenvalue weighted by Crippen LogP contribution is -2.46. The molecule has 0 bridgehead atoms. The van der Waals surface area contributed by atoms with Crippen molar-refractivity contribution in [3.8, 4) is 0 Å². The van der Waals surface area contributed by atoms with Crippen molar-refractivity contribution in [3.05, 3.63) is 0 Å². The normalized spacial score (nSPS) is 30.7. The Balaban J connectivity index is 2.55. The van der Waals surface area contributed by atoms with Gasteiger partial charge in [-0.15, -0.1) is 11.6 Å². The number of cyclic esters (lactones) is 1. The van der Waals surface area contributed by atoms with Crippen LogP contribution in [-0.2, 0) is 9.53 Å². The van der Waals surface area contributed by atoms with Crippen molar-refractivity contribution in [2.24, 2.45) is 5.92 Å². The second-order valence-electron chi connectivity index (χ2n) is 4.89. The van der Waals surface area contributed by atoms with Gasteiger partial charge in [0.2, 0.25) is 0 Å². The van der Waals surface area contributed by atoms with E-state index in [2.05, 4.69) is 0 Å². The second kappa shape index (κ2) is 6.70. The van der Waals surface area contributed by atoms with Gasteiger partial charge in [0.1, 0.15) is 12.2 Å². The van der Waals surface area contributed by atoms with E-state index in [9.17, 15) is 20.1 Å². The molecule has 0 aromatic heterocycles. The van der Waals surface area contributed by atoms with Crippen LogP contribution in [0, 0.1) is 5.92 Å². The summed E-state index contributed by atoms with van der Waals surface area (Å²) in [7, 11) is 0. The van der Waals surface area contributed by atoms with Crippen molar-refractivity contribution in [2.75, 3.05) is 0 Å². The summed E-state index contributed by atoms with van der Waals surface area (Å²) in [6, 6.07) is 0. The highest BCUT2D eigenvalue weighted by Gasteiger charge is 2.41. The Bertz CT molecular complexity index is 286. The van der Waals surface area contributed by atoms with Crippen LogP contribution in [0.5, 0.6) is 0 Å². The number of rotatable bonds is 6.